The van der Waals surface area contributed by atoms with Crippen LogP contribution >= 0.6 is 0 Å². The monoisotopic (exact) mass is 276 g/mol. The molecule has 1 heterocycles. The van der Waals surface area contributed by atoms with Crippen LogP contribution in [0.1, 0.15) is 26.3 Å². The lowest BCUT2D eigenvalue weighted by Crippen LogP contribution is -2.13. The maximum Gasteiger partial charge on any atom is 0.260 e. The SMILES string of the molecule is CC(C)(C)c1ccccc1Oc1nc(NN)ncc1F. The number of nitrogen functional groups attached to an aromatic ring is 1. The molecule has 20 heavy (non-hydrogen) atoms. The Morgan fingerprint density at radius 1 is 1.25 bits per heavy atom. The van der Waals surface area contributed by atoms with Crippen molar-refractivity contribution >= 4 is 5.95 Å². The summed E-state index contributed by atoms with van der Waals surface area (Å²) in [6.45, 7) is 6.16. The molecule has 0 radical (unpaired) electrons. The lowest BCUT2D eigenvalue weighted by atomic mass is 9.86. The highest BCUT2D eigenvalue weighted by molar-refractivity contribution is 5.41. The molecule has 0 bridgehead atoms. The Labute approximate surface area is 117 Å². The number of ether oxygens (including phenoxy) is 1. The van der Waals surface area contributed by atoms with E-state index >= 15 is 0 Å². The fourth-order valence-electron chi connectivity index (χ4n) is 1.77. The zero-order valence-corrected chi connectivity index (χ0v) is 11.6. The van der Waals surface area contributed by atoms with Gasteiger partial charge >= 0.3 is 0 Å². The number of rotatable bonds is 3. The van der Waals surface area contributed by atoms with Gasteiger partial charge in [0.25, 0.3) is 5.88 Å². The average molecular weight is 276 g/mol. The van der Waals surface area contributed by atoms with Crippen LogP contribution in [0.25, 0.3) is 0 Å². The summed E-state index contributed by atoms with van der Waals surface area (Å²) < 4.78 is 19.3. The van der Waals surface area contributed by atoms with Crippen molar-refractivity contribution < 1.29 is 9.13 Å². The summed E-state index contributed by atoms with van der Waals surface area (Å²) >= 11 is 0. The van der Waals surface area contributed by atoms with E-state index in [2.05, 4.69) is 36.2 Å². The number of nitrogens with one attached hydrogen (secondary N) is 1. The summed E-state index contributed by atoms with van der Waals surface area (Å²) in [5.74, 6) is 5.05. The highest BCUT2D eigenvalue weighted by Gasteiger charge is 2.20. The van der Waals surface area contributed by atoms with E-state index in [0.29, 0.717) is 5.75 Å². The Morgan fingerprint density at radius 3 is 2.60 bits per heavy atom. The number of hydrazine groups is 1. The minimum Gasteiger partial charge on any atom is -0.436 e. The van der Waals surface area contributed by atoms with Gasteiger partial charge in [0.05, 0.1) is 6.20 Å². The van der Waals surface area contributed by atoms with E-state index in [1.165, 1.54) is 0 Å². The molecule has 106 valence electrons. The van der Waals surface area contributed by atoms with Crippen LogP contribution in [0.3, 0.4) is 0 Å². The van der Waals surface area contributed by atoms with Crippen molar-refractivity contribution in [3.05, 3.63) is 41.8 Å². The van der Waals surface area contributed by atoms with E-state index in [1.54, 1.807) is 6.07 Å². The van der Waals surface area contributed by atoms with Crippen LogP contribution in [0.15, 0.2) is 30.5 Å². The van der Waals surface area contributed by atoms with E-state index in [0.717, 1.165) is 11.8 Å². The smallest absolute Gasteiger partial charge is 0.260 e. The normalized spacial score (nSPS) is 11.2. The fourth-order valence-corrected chi connectivity index (χ4v) is 1.77. The van der Waals surface area contributed by atoms with Crippen LogP contribution in [0.2, 0.25) is 0 Å². The highest BCUT2D eigenvalue weighted by Crippen LogP contribution is 2.34. The second kappa shape index (κ2) is 5.42. The molecule has 5 nitrogen and oxygen atoms in total. The molecular formula is C14H17FN4O. The summed E-state index contributed by atoms with van der Waals surface area (Å²) in [6.07, 6.45) is 1.01. The van der Waals surface area contributed by atoms with E-state index in [4.69, 9.17) is 10.6 Å². The Hall–Kier alpha value is -2.21. The van der Waals surface area contributed by atoms with Crippen molar-refractivity contribution in [3.8, 4) is 11.6 Å². The molecule has 0 unspecified atom stereocenters. The van der Waals surface area contributed by atoms with E-state index in [9.17, 15) is 4.39 Å². The number of hydrogen-bond acceptors (Lipinski definition) is 5. The Kier molecular flexibility index (Phi) is 3.85. The van der Waals surface area contributed by atoms with Gasteiger partial charge in [0, 0.05) is 5.56 Å². The van der Waals surface area contributed by atoms with Crippen molar-refractivity contribution in [2.45, 2.75) is 26.2 Å². The number of hydrogen-bond donors (Lipinski definition) is 2. The molecule has 6 heteroatoms. The molecule has 2 aromatic rings. The number of para-hydroxylation sites is 1. The van der Waals surface area contributed by atoms with Gasteiger partial charge < -0.3 is 4.74 Å². The largest absolute Gasteiger partial charge is 0.436 e. The molecule has 0 atom stereocenters. The topological polar surface area (TPSA) is 73.1 Å². The summed E-state index contributed by atoms with van der Waals surface area (Å²) in [5.41, 5.74) is 3.08. The second-order valence-corrected chi connectivity index (χ2v) is 5.34. The van der Waals surface area contributed by atoms with Gasteiger partial charge in [-0.25, -0.2) is 10.8 Å². The second-order valence-electron chi connectivity index (χ2n) is 5.34. The van der Waals surface area contributed by atoms with Crippen LogP contribution in [-0.2, 0) is 5.41 Å². The summed E-state index contributed by atoms with van der Waals surface area (Å²) in [5, 5.41) is 0. The molecule has 0 saturated heterocycles. The maximum atomic E-state index is 13.7. The molecule has 0 aliphatic heterocycles. The number of nitrogens with zero attached hydrogens (tertiary/aromatic N) is 2. The van der Waals surface area contributed by atoms with Crippen molar-refractivity contribution in [1.82, 2.24) is 9.97 Å². The molecule has 1 aromatic carbocycles. The van der Waals surface area contributed by atoms with Gasteiger partial charge in [-0.2, -0.15) is 9.37 Å². The molecule has 2 rings (SSSR count). The molecule has 0 aliphatic rings. The van der Waals surface area contributed by atoms with Gasteiger partial charge in [0.1, 0.15) is 5.75 Å². The van der Waals surface area contributed by atoms with Crippen molar-refractivity contribution in [2.75, 3.05) is 5.43 Å². The Bertz CT molecular complexity index is 610. The van der Waals surface area contributed by atoms with Crippen LogP contribution in [0.4, 0.5) is 10.3 Å². The lowest BCUT2D eigenvalue weighted by molar-refractivity contribution is 0.406. The first-order valence-corrected chi connectivity index (χ1v) is 6.18. The highest BCUT2D eigenvalue weighted by atomic mass is 19.1. The molecule has 1 aromatic heterocycles. The Balaban J connectivity index is 2.40. The zero-order chi connectivity index (χ0) is 14.8. The lowest BCUT2D eigenvalue weighted by Gasteiger charge is -2.22. The number of anilines is 1. The van der Waals surface area contributed by atoms with E-state index in [-0.39, 0.29) is 17.2 Å². The van der Waals surface area contributed by atoms with Gasteiger partial charge in [-0.15, -0.1) is 0 Å². The van der Waals surface area contributed by atoms with Crippen molar-refractivity contribution in [3.63, 3.8) is 0 Å². The third-order valence-corrected chi connectivity index (χ3v) is 2.74. The minimum absolute atomic E-state index is 0.0923. The van der Waals surface area contributed by atoms with Crippen molar-refractivity contribution in [1.29, 1.82) is 0 Å². The van der Waals surface area contributed by atoms with Crippen LogP contribution in [0.5, 0.6) is 11.6 Å². The zero-order valence-electron chi connectivity index (χ0n) is 11.6. The minimum atomic E-state index is -0.646. The van der Waals surface area contributed by atoms with Gasteiger partial charge in [-0.1, -0.05) is 39.0 Å². The third kappa shape index (κ3) is 3.03. The average Bonchev–Trinajstić information content (AvgIpc) is 2.41. The third-order valence-electron chi connectivity index (χ3n) is 2.74. The fraction of sp³-hybridized carbons (Fsp3) is 0.286. The predicted octanol–water partition coefficient (Wildman–Crippen LogP) is 2.99. The molecule has 0 amide bonds. The molecule has 0 saturated carbocycles. The van der Waals surface area contributed by atoms with Gasteiger partial charge in [0.15, 0.2) is 0 Å². The van der Waals surface area contributed by atoms with Gasteiger partial charge in [-0.05, 0) is 11.5 Å². The first-order chi connectivity index (χ1) is 9.41. The number of aromatic nitrogens is 2. The predicted molar refractivity (Wildman–Crippen MR) is 75.0 cm³/mol. The molecule has 0 spiro atoms. The number of benzene rings is 1. The quantitative estimate of drug-likeness (QED) is 0.666. The molecule has 0 fully saturated rings. The van der Waals surface area contributed by atoms with Gasteiger partial charge in [0.2, 0.25) is 11.8 Å². The summed E-state index contributed by atoms with van der Waals surface area (Å²) in [6, 6.07) is 7.45. The molecule has 3 N–H and O–H groups in total. The summed E-state index contributed by atoms with van der Waals surface area (Å²) in [4.78, 5) is 7.53. The van der Waals surface area contributed by atoms with E-state index in [1.807, 2.05) is 18.2 Å². The maximum absolute atomic E-state index is 13.7. The van der Waals surface area contributed by atoms with E-state index < -0.39 is 5.82 Å². The molecule has 0 aliphatic carbocycles. The Morgan fingerprint density at radius 2 is 1.95 bits per heavy atom. The first kappa shape index (κ1) is 14.2. The van der Waals surface area contributed by atoms with Crippen LogP contribution in [0, 0.1) is 5.82 Å². The number of nitrogens with two attached hydrogens (primary N) is 1. The van der Waals surface area contributed by atoms with Gasteiger partial charge in [-0.3, -0.25) is 5.43 Å². The number of halogens is 1. The first-order valence-electron chi connectivity index (χ1n) is 6.18. The summed E-state index contributed by atoms with van der Waals surface area (Å²) in [7, 11) is 0. The molecular weight excluding hydrogens is 259 g/mol. The van der Waals surface area contributed by atoms with Crippen LogP contribution in [-0.4, -0.2) is 9.97 Å². The van der Waals surface area contributed by atoms with Crippen LogP contribution < -0.4 is 16.0 Å². The van der Waals surface area contributed by atoms with Crippen molar-refractivity contribution in [2.24, 2.45) is 5.84 Å². The standard InChI is InChI=1S/C14H17FN4O/c1-14(2,3)9-6-4-5-7-11(9)20-12-10(15)8-17-13(18-12)19-16/h4-8H,16H2,1-3H3,(H,17,18,19).